The van der Waals surface area contributed by atoms with Crippen LogP contribution in [0.2, 0.25) is 0 Å². The van der Waals surface area contributed by atoms with Crippen LogP contribution in [0.1, 0.15) is 18.4 Å². The molecular weight excluding hydrogens is 224 g/mol. The van der Waals surface area contributed by atoms with Gasteiger partial charge in [-0.1, -0.05) is 0 Å². The van der Waals surface area contributed by atoms with E-state index in [1.54, 1.807) is 0 Å². The molecule has 94 valence electrons. The summed E-state index contributed by atoms with van der Waals surface area (Å²) in [4.78, 5) is 0. The molecule has 3 rings (SSSR count). The predicted octanol–water partition coefficient (Wildman–Crippen LogP) is 2.43. The summed E-state index contributed by atoms with van der Waals surface area (Å²) in [6.07, 6.45) is 6.65. The molecule has 1 saturated carbocycles. The Morgan fingerprint density at radius 2 is 2.06 bits per heavy atom. The van der Waals surface area contributed by atoms with Crippen molar-refractivity contribution in [2.24, 2.45) is 5.92 Å². The molecular formula is C14H18N4. The lowest BCUT2D eigenvalue weighted by Gasteiger charge is -2.07. The van der Waals surface area contributed by atoms with Gasteiger partial charge in [-0.15, -0.1) is 0 Å². The fourth-order valence-electron chi connectivity index (χ4n) is 2.17. The van der Waals surface area contributed by atoms with Crippen LogP contribution in [-0.2, 0) is 6.54 Å². The van der Waals surface area contributed by atoms with Gasteiger partial charge in [0.15, 0.2) is 0 Å². The van der Waals surface area contributed by atoms with Crippen LogP contribution in [0, 0.1) is 12.8 Å². The van der Waals surface area contributed by atoms with Gasteiger partial charge in [-0.05, 0) is 48.9 Å². The minimum Gasteiger partial charge on any atom is -0.397 e. The smallest absolute Gasteiger partial charge is 0.0577 e. The van der Waals surface area contributed by atoms with Gasteiger partial charge >= 0.3 is 0 Å². The van der Waals surface area contributed by atoms with Crippen molar-refractivity contribution < 1.29 is 0 Å². The van der Waals surface area contributed by atoms with E-state index in [0.29, 0.717) is 11.4 Å². The highest BCUT2D eigenvalue weighted by molar-refractivity contribution is 5.76. The third-order valence-electron chi connectivity index (χ3n) is 3.53. The minimum atomic E-state index is 0.639. The topological polar surface area (TPSA) is 69.9 Å². The van der Waals surface area contributed by atoms with Crippen LogP contribution >= 0.6 is 0 Å². The average molecular weight is 242 g/mol. The first kappa shape index (κ1) is 11.1. The van der Waals surface area contributed by atoms with E-state index in [1.165, 1.54) is 12.8 Å². The van der Waals surface area contributed by atoms with Gasteiger partial charge in [0.25, 0.3) is 0 Å². The summed E-state index contributed by atoms with van der Waals surface area (Å²) in [6, 6.07) is 3.98. The van der Waals surface area contributed by atoms with Crippen molar-refractivity contribution in [1.29, 1.82) is 0 Å². The summed E-state index contributed by atoms with van der Waals surface area (Å²) < 4.78 is 2.02. The maximum Gasteiger partial charge on any atom is 0.0577 e. The van der Waals surface area contributed by atoms with Crippen LogP contribution in [0.25, 0.3) is 11.1 Å². The molecule has 1 aromatic heterocycles. The number of anilines is 2. The molecule has 0 amide bonds. The molecule has 0 radical (unpaired) electrons. The summed E-state index contributed by atoms with van der Waals surface area (Å²) in [7, 11) is 0. The lowest BCUT2D eigenvalue weighted by molar-refractivity contribution is 0.563. The van der Waals surface area contributed by atoms with Crippen molar-refractivity contribution in [3.05, 3.63) is 30.1 Å². The molecule has 2 aromatic rings. The van der Waals surface area contributed by atoms with Gasteiger partial charge in [0, 0.05) is 18.3 Å². The molecule has 1 fully saturated rings. The third kappa shape index (κ3) is 2.06. The molecule has 1 aromatic carbocycles. The van der Waals surface area contributed by atoms with E-state index >= 15 is 0 Å². The van der Waals surface area contributed by atoms with Crippen LogP contribution in [0.5, 0.6) is 0 Å². The Labute approximate surface area is 107 Å². The summed E-state index contributed by atoms with van der Waals surface area (Å²) in [5.74, 6) is 0.830. The fourth-order valence-corrected chi connectivity index (χ4v) is 2.17. The highest BCUT2D eigenvalue weighted by atomic mass is 15.3. The van der Waals surface area contributed by atoms with Gasteiger partial charge in [-0.25, -0.2) is 0 Å². The molecule has 0 spiro atoms. The zero-order valence-corrected chi connectivity index (χ0v) is 10.6. The number of rotatable bonds is 3. The van der Waals surface area contributed by atoms with E-state index in [0.717, 1.165) is 29.2 Å². The van der Waals surface area contributed by atoms with Crippen molar-refractivity contribution >= 4 is 11.4 Å². The first-order valence-corrected chi connectivity index (χ1v) is 6.32. The highest BCUT2D eigenvalue weighted by Gasteiger charge is 2.22. The number of benzene rings is 1. The third-order valence-corrected chi connectivity index (χ3v) is 3.53. The quantitative estimate of drug-likeness (QED) is 0.812. The molecule has 1 aliphatic carbocycles. The van der Waals surface area contributed by atoms with Crippen LogP contribution < -0.4 is 11.5 Å². The number of hydrogen-bond acceptors (Lipinski definition) is 3. The number of nitrogens with zero attached hydrogens (tertiary/aromatic N) is 2. The Kier molecular flexibility index (Phi) is 2.51. The second kappa shape index (κ2) is 4.05. The van der Waals surface area contributed by atoms with Gasteiger partial charge < -0.3 is 11.5 Å². The van der Waals surface area contributed by atoms with Crippen LogP contribution in [-0.4, -0.2) is 9.78 Å². The van der Waals surface area contributed by atoms with Crippen LogP contribution in [0.3, 0.4) is 0 Å². The van der Waals surface area contributed by atoms with E-state index in [4.69, 9.17) is 11.5 Å². The average Bonchev–Trinajstić information content (AvgIpc) is 3.01. The molecule has 4 N–H and O–H groups in total. The summed E-state index contributed by atoms with van der Waals surface area (Å²) >= 11 is 0. The molecule has 1 aliphatic rings. The molecule has 0 unspecified atom stereocenters. The lowest BCUT2D eigenvalue weighted by atomic mass is 10.0. The lowest BCUT2D eigenvalue weighted by Crippen LogP contribution is -1.99. The van der Waals surface area contributed by atoms with Crippen molar-refractivity contribution in [3.8, 4) is 11.1 Å². The number of aryl methyl sites for hydroxylation is 1. The minimum absolute atomic E-state index is 0.639. The van der Waals surface area contributed by atoms with Crippen molar-refractivity contribution in [2.45, 2.75) is 26.3 Å². The molecule has 0 atom stereocenters. The second-order valence-electron chi connectivity index (χ2n) is 5.19. The molecule has 0 bridgehead atoms. The Hall–Kier alpha value is -1.97. The standard InChI is InChI=1S/C14H18N4/c1-9-4-11(5-13(15)14(9)16)12-6-17-18(8-12)7-10-2-3-10/h4-6,8,10H,2-3,7,15-16H2,1H3. The molecule has 1 heterocycles. The van der Waals surface area contributed by atoms with Gasteiger partial charge in [-0.2, -0.15) is 5.10 Å². The first-order chi connectivity index (χ1) is 8.63. The number of nitrogens with two attached hydrogens (primary N) is 2. The van der Waals surface area contributed by atoms with E-state index in [1.807, 2.05) is 23.9 Å². The summed E-state index contributed by atoms with van der Waals surface area (Å²) in [6.45, 7) is 3.01. The van der Waals surface area contributed by atoms with Crippen LogP contribution in [0.4, 0.5) is 11.4 Å². The Morgan fingerprint density at radius 3 is 2.72 bits per heavy atom. The Bertz CT molecular complexity index is 558. The molecule has 4 nitrogen and oxygen atoms in total. The zero-order chi connectivity index (χ0) is 12.7. The van der Waals surface area contributed by atoms with Gasteiger partial charge in [0.2, 0.25) is 0 Å². The van der Waals surface area contributed by atoms with E-state index in [9.17, 15) is 0 Å². The van der Waals surface area contributed by atoms with Crippen molar-refractivity contribution in [2.75, 3.05) is 11.5 Å². The maximum absolute atomic E-state index is 5.90. The van der Waals surface area contributed by atoms with Gasteiger partial charge in [0.1, 0.15) is 0 Å². The van der Waals surface area contributed by atoms with E-state index < -0.39 is 0 Å². The Morgan fingerprint density at radius 1 is 1.28 bits per heavy atom. The van der Waals surface area contributed by atoms with Crippen LogP contribution in [0.15, 0.2) is 24.5 Å². The van der Waals surface area contributed by atoms with Gasteiger partial charge in [0.05, 0.1) is 17.6 Å². The SMILES string of the molecule is Cc1cc(-c2cnn(CC3CC3)c2)cc(N)c1N. The normalized spacial score (nSPS) is 14.9. The highest BCUT2D eigenvalue weighted by Crippen LogP contribution is 2.32. The second-order valence-corrected chi connectivity index (χ2v) is 5.19. The molecule has 18 heavy (non-hydrogen) atoms. The summed E-state index contributed by atoms with van der Waals surface area (Å²) in [5.41, 5.74) is 16.3. The van der Waals surface area contributed by atoms with Crippen molar-refractivity contribution in [1.82, 2.24) is 9.78 Å². The largest absolute Gasteiger partial charge is 0.397 e. The van der Waals surface area contributed by atoms with Crippen molar-refractivity contribution in [3.63, 3.8) is 0 Å². The summed E-state index contributed by atoms with van der Waals surface area (Å²) in [5, 5.41) is 4.40. The molecule has 4 heteroatoms. The predicted molar refractivity (Wildman–Crippen MR) is 73.9 cm³/mol. The van der Waals surface area contributed by atoms with E-state index in [2.05, 4.69) is 17.4 Å². The van der Waals surface area contributed by atoms with E-state index in [-0.39, 0.29) is 0 Å². The fraction of sp³-hybridized carbons (Fsp3) is 0.357. The number of aromatic nitrogens is 2. The van der Waals surface area contributed by atoms with Gasteiger partial charge in [-0.3, -0.25) is 4.68 Å². The Balaban J connectivity index is 1.91. The monoisotopic (exact) mass is 242 g/mol. The molecule has 0 aliphatic heterocycles. The zero-order valence-electron chi connectivity index (χ0n) is 10.6. The number of hydrogen-bond donors (Lipinski definition) is 2. The first-order valence-electron chi connectivity index (χ1n) is 6.32. The maximum atomic E-state index is 5.90. The molecule has 0 saturated heterocycles. The number of nitrogen functional groups attached to an aromatic ring is 2.